The summed E-state index contributed by atoms with van der Waals surface area (Å²) in [5.74, 6) is 0.605. The molecule has 2 rings (SSSR count). The molecule has 0 saturated heterocycles. The zero-order chi connectivity index (χ0) is 14.9. The van der Waals surface area contributed by atoms with Gasteiger partial charge in [-0.3, -0.25) is 0 Å². The van der Waals surface area contributed by atoms with Crippen LogP contribution >= 0.6 is 11.6 Å². The summed E-state index contributed by atoms with van der Waals surface area (Å²) in [7, 11) is 1.46. The van der Waals surface area contributed by atoms with Gasteiger partial charge in [0.05, 0.1) is 23.5 Å². The van der Waals surface area contributed by atoms with Gasteiger partial charge in [0.1, 0.15) is 5.82 Å². The van der Waals surface area contributed by atoms with Gasteiger partial charge in [0, 0.05) is 18.2 Å². The van der Waals surface area contributed by atoms with Crippen molar-refractivity contribution in [3.05, 3.63) is 23.8 Å². The van der Waals surface area contributed by atoms with E-state index < -0.39 is 5.82 Å². The molecule has 2 atom stereocenters. The Hall–Kier alpha value is -1.29. The maximum absolute atomic E-state index is 13.8. The summed E-state index contributed by atoms with van der Waals surface area (Å²) in [6, 6.07) is 3.37. The lowest BCUT2D eigenvalue weighted by Crippen LogP contribution is -2.09. The number of rotatable bonds is 5. The number of aromatic nitrogens is 2. The Morgan fingerprint density at radius 3 is 2.65 bits per heavy atom. The van der Waals surface area contributed by atoms with E-state index >= 15 is 0 Å². The Balaban J connectivity index is 2.69. The quantitative estimate of drug-likeness (QED) is 0.738. The van der Waals surface area contributed by atoms with Crippen LogP contribution in [0.25, 0.3) is 11.0 Å². The number of methoxy groups -OCH3 is 1. The van der Waals surface area contributed by atoms with Gasteiger partial charge in [-0.15, -0.1) is 11.6 Å². The summed E-state index contributed by atoms with van der Waals surface area (Å²) in [6.45, 7) is 6.15. The first kappa shape index (κ1) is 15.1. The number of nitrogens with zero attached hydrogens (tertiary/aromatic N) is 2. The normalized spacial score (nSPS) is 14.5. The molecule has 110 valence electrons. The highest BCUT2D eigenvalue weighted by Gasteiger charge is 2.20. The summed E-state index contributed by atoms with van der Waals surface area (Å²) in [4.78, 5) is 4.49. The molecule has 5 heteroatoms. The number of imidazole rings is 1. The minimum atomic E-state index is -0.401. The summed E-state index contributed by atoms with van der Waals surface area (Å²) in [6.07, 6.45) is 2.08. The van der Waals surface area contributed by atoms with Crippen molar-refractivity contribution in [2.45, 2.75) is 45.0 Å². The smallest absolute Gasteiger partial charge is 0.167 e. The van der Waals surface area contributed by atoms with E-state index in [-0.39, 0.29) is 17.2 Å². The molecule has 0 spiro atoms. The molecule has 0 aliphatic rings. The highest BCUT2D eigenvalue weighted by Crippen LogP contribution is 2.32. The van der Waals surface area contributed by atoms with Crippen molar-refractivity contribution < 1.29 is 9.13 Å². The fraction of sp³-hybridized carbons (Fsp3) is 0.533. The van der Waals surface area contributed by atoms with Crippen molar-refractivity contribution in [1.29, 1.82) is 0 Å². The number of ether oxygens (including phenoxy) is 1. The van der Waals surface area contributed by atoms with Gasteiger partial charge >= 0.3 is 0 Å². The summed E-state index contributed by atoms with van der Waals surface area (Å²) in [5, 5.41) is -0.226. The van der Waals surface area contributed by atoms with Crippen molar-refractivity contribution in [1.82, 2.24) is 9.55 Å². The van der Waals surface area contributed by atoms with E-state index in [1.807, 2.05) is 6.92 Å². The van der Waals surface area contributed by atoms with Gasteiger partial charge in [-0.1, -0.05) is 13.3 Å². The van der Waals surface area contributed by atoms with Crippen LogP contribution in [0.4, 0.5) is 4.39 Å². The molecule has 1 heterocycles. The van der Waals surface area contributed by atoms with Gasteiger partial charge in [-0.05, 0) is 20.3 Å². The molecule has 0 saturated carbocycles. The fourth-order valence-electron chi connectivity index (χ4n) is 2.56. The Morgan fingerprint density at radius 1 is 1.40 bits per heavy atom. The SMILES string of the molecule is CCCC(C)n1c(C(C)Cl)nc2cc(F)c(OC)cc21. The standard InChI is InChI=1S/C15H20ClFN2O/c1-5-6-9(2)19-13-8-14(20-4)11(17)7-12(13)18-15(19)10(3)16/h7-10H,5-6H2,1-4H3. The fourth-order valence-corrected chi connectivity index (χ4v) is 2.72. The average molecular weight is 299 g/mol. The molecule has 0 N–H and O–H groups in total. The van der Waals surface area contributed by atoms with Gasteiger partial charge < -0.3 is 9.30 Å². The monoisotopic (exact) mass is 298 g/mol. The number of hydrogen-bond donors (Lipinski definition) is 0. The van der Waals surface area contributed by atoms with Gasteiger partial charge in [-0.2, -0.15) is 0 Å². The highest BCUT2D eigenvalue weighted by molar-refractivity contribution is 6.20. The third-order valence-electron chi connectivity index (χ3n) is 3.49. The van der Waals surface area contributed by atoms with Crippen molar-refractivity contribution in [2.24, 2.45) is 0 Å². The van der Waals surface area contributed by atoms with E-state index in [0.717, 1.165) is 24.2 Å². The average Bonchev–Trinajstić information content (AvgIpc) is 2.76. The van der Waals surface area contributed by atoms with Crippen LogP contribution in [0.3, 0.4) is 0 Å². The number of fused-ring (bicyclic) bond motifs is 1. The molecule has 0 aliphatic heterocycles. The lowest BCUT2D eigenvalue weighted by atomic mass is 10.1. The predicted molar refractivity (Wildman–Crippen MR) is 80.1 cm³/mol. The Bertz CT molecular complexity index is 609. The molecular formula is C15H20ClFN2O. The lowest BCUT2D eigenvalue weighted by molar-refractivity contribution is 0.387. The largest absolute Gasteiger partial charge is 0.494 e. The lowest BCUT2D eigenvalue weighted by Gasteiger charge is -2.18. The zero-order valence-corrected chi connectivity index (χ0v) is 13.0. The van der Waals surface area contributed by atoms with Gasteiger partial charge in [0.25, 0.3) is 0 Å². The van der Waals surface area contributed by atoms with Crippen LogP contribution < -0.4 is 4.74 Å². The summed E-state index contributed by atoms with van der Waals surface area (Å²) < 4.78 is 21.0. The van der Waals surface area contributed by atoms with Crippen molar-refractivity contribution >= 4 is 22.6 Å². The van der Waals surface area contributed by atoms with E-state index in [1.54, 1.807) is 6.07 Å². The maximum atomic E-state index is 13.8. The molecule has 0 aliphatic carbocycles. The Morgan fingerprint density at radius 2 is 2.10 bits per heavy atom. The minimum absolute atomic E-state index is 0.226. The molecule has 0 fully saturated rings. The second kappa shape index (κ2) is 6.00. The van der Waals surface area contributed by atoms with E-state index in [4.69, 9.17) is 16.3 Å². The maximum Gasteiger partial charge on any atom is 0.167 e. The van der Waals surface area contributed by atoms with Crippen molar-refractivity contribution in [2.75, 3.05) is 7.11 Å². The number of halogens is 2. The summed E-state index contributed by atoms with van der Waals surface area (Å²) >= 11 is 6.23. The van der Waals surface area contributed by atoms with Crippen LogP contribution in [0.15, 0.2) is 12.1 Å². The predicted octanol–water partition coefficient (Wildman–Crippen LogP) is 4.84. The molecule has 1 aromatic heterocycles. The highest BCUT2D eigenvalue weighted by atomic mass is 35.5. The van der Waals surface area contributed by atoms with Crippen LogP contribution in [-0.4, -0.2) is 16.7 Å². The topological polar surface area (TPSA) is 27.1 Å². The molecule has 0 radical (unpaired) electrons. The van der Waals surface area contributed by atoms with E-state index in [2.05, 4.69) is 23.4 Å². The second-order valence-corrected chi connectivity index (χ2v) is 5.72. The third-order valence-corrected chi connectivity index (χ3v) is 3.69. The van der Waals surface area contributed by atoms with Crippen LogP contribution in [-0.2, 0) is 0 Å². The number of alkyl halides is 1. The van der Waals surface area contributed by atoms with Gasteiger partial charge in [0.2, 0.25) is 0 Å². The van der Waals surface area contributed by atoms with Crippen LogP contribution in [0.5, 0.6) is 5.75 Å². The molecule has 3 nitrogen and oxygen atoms in total. The zero-order valence-electron chi connectivity index (χ0n) is 12.3. The first-order valence-corrected chi connectivity index (χ1v) is 7.32. The van der Waals surface area contributed by atoms with Gasteiger partial charge in [-0.25, -0.2) is 9.37 Å². The number of benzene rings is 1. The molecule has 0 amide bonds. The van der Waals surface area contributed by atoms with E-state index in [1.165, 1.54) is 13.2 Å². The third kappa shape index (κ3) is 2.62. The van der Waals surface area contributed by atoms with E-state index in [9.17, 15) is 4.39 Å². The Labute approximate surface area is 123 Å². The van der Waals surface area contributed by atoms with Crippen LogP contribution in [0.2, 0.25) is 0 Å². The number of hydrogen-bond acceptors (Lipinski definition) is 2. The molecule has 20 heavy (non-hydrogen) atoms. The first-order chi connectivity index (χ1) is 9.49. The molecule has 1 aromatic carbocycles. The van der Waals surface area contributed by atoms with Crippen LogP contribution in [0.1, 0.15) is 50.9 Å². The minimum Gasteiger partial charge on any atom is -0.494 e. The van der Waals surface area contributed by atoms with E-state index in [0.29, 0.717) is 5.52 Å². The molecule has 0 bridgehead atoms. The van der Waals surface area contributed by atoms with Crippen molar-refractivity contribution in [3.8, 4) is 5.75 Å². The van der Waals surface area contributed by atoms with Crippen LogP contribution in [0, 0.1) is 5.82 Å². The summed E-state index contributed by atoms with van der Waals surface area (Å²) in [5.41, 5.74) is 1.49. The molecule has 2 unspecified atom stereocenters. The van der Waals surface area contributed by atoms with Gasteiger partial charge in [0.15, 0.2) is 11.6 Å². The Kier molecular flexibility index (Phi) is 4.53. The molecule has 2 aromatic rings. The van der Waals surface area contributed by atoms with Crippen molar-refractivity contribution in [3.63, 3.8) is 0 Å². The second-order valence-electron chi connectivity index (χ2n) is 5.07. The first-order valence-electron chi connectivity index (χ1n) is 6.89. The molecular weight excluding hydrogens is 279 g/mol.